The Balaban J connectivity index is -0.0000000400. The van der Waals surface area contributed by atoms with Crippen molar-refractivity contribution in [2.45, 2.75) is 0 Å². The molecule has 0 aromatic carbocycles. The Bertz CT molecular complexity index is 60.7. The molecule has 0 amide bonds. The Morgan fingerprint density at radius 1 is 1.71 bits per heavy atom. The van der Waals surface area contributed by atoms with E-state index in [0.29, 0.717) is 6.08 Å². The van der Waals surface area contributed by atoms with Crippen molar-refractivity contribution in [1.82, 2.24) is 0 Å². The normalized spacial score (nSPS) is 3.00. The molecule has 5 heteroatoms. The molecule has 0 aromatic rings. The van der Waals surface area contributed by atoms with E-state index in [1.54, 1.807) is 0 Å². The van der Waals surface area contributed by atoms with Crippen molar-refractivity contribution in [1.29, 1.82) is 0 Å². The van der Waals surface area contributed by atoms with Crippen molar-refractivity contribution in [3.63, 3.8) is 0 Å². The first-order valence-electron chi connectivity index (χ1n) is 0.821. The fourth-order valence-corrected chi connectivity index (χ4v) is 0. The summed E-state index contributed by atoms with van der Waals surface area (Å²) in [5, 5.41) is 6.76. The van der Waals surface area contributed by atoms with Gasteiger partial charge in [-0.2, -0.15) is 5.75 Å². The molecule has 0 bridgehead atoms. The first-order chi connectivity index (χ1) is 2.83. The van der Waals surface area contributed by atoms with Crippen LogP contribution in [0.3, 0.4) is 0 Å². The molecule has 0 heterocycles. The fourth-order valence-electron chi connectivity index (χ4n) is 0. The summed E-state index contributed by atoms with van der Waals surface area (Å²) in [6.45, 7) is 0. The van der Waals surface area contributed by atoms with Crippen LogP contribution in [0.15, 0.2) is 0 Å². The number of isocyanates is 1. The molecule has 3 nitrogen and oxygen atoms in total. The van der Waals surface area contributed by atoms with E-state index in [0.717, 1.165) is 5.75 Å². The van der Waals surface area contributed by atoms with E-state index in [9.17, 15) is 0 Å². The molecule has 0 aliphatic heterocycles. The van der Waals surface area contributed by atoms with Gasteiger partial charge in [0.1, 0.15) is 0 Å². The molecule has 0 saturated carbocycles. The molecule has 7 heavy (non-hydrogen) atoms. The molecule has 0 atom stereocenters. The Labute approximate surface area is 70.8 Å². The number of carbonyl (C=O) groups excluding carboxylic acids is 2. The van der Waals surface area contributed by atoms with Gasteiger partial charge in [-0.3, -0.25) is 4.79 Å². The van der Waals surface area contributed by atoms with Gasteiger partial charge in [0.25, 0.3) is 0 Å². The van der Waals surface area contributed by atoms with Gasteiger partial charge in [-0.05, 0) is 6.08 Å². The average molecular weight is 194 g/mol. The number of rotatable bonds is 0. The van der Waals surface area contributed by atoms with Crippen LogP contribution in [-0.2, 0) is 42.3 Å². The molecular formula is C2ClNO2Y-2. The van der Waals surface area contributed by atoms with Crippen LogP contribution in [0.4, 0.5) is 0 Å². The second kappa shape index (κ2) is 32.0. The predicted octanol–water partition coefficient (Wildman–Crippen LogP) is 0.181. The van der Waals surface area contributed by atoms with Gasteiger partial charge in [-0.25, -0.2) is 0 Å². The van der Waals surface area contributed by atoms with Crippen LogP contribution in [0.1, 0.15) is 0 Å². The number of hydrogen-bond acceptors (Lipinski definition) is 2. The second-order valence-corrected chi connectivity index (χ2v) is 0.323. The summed E-state index contributed by atoms with van der Waals surface area (Å²) in [5.41, 5.74) is 0. The molecule has 0 N–H and O–H groups in total. The topological polar surface area (TPSA) is 56.4 Å². The van der Waals surface area contributed by atoms with E-state index in [1.807, 2.05) is 0 Å². The molecule has 0 rings (SSSR count). The van der Waals surface area contributed by atoms with Crippen molar-refractivity contribution in [2.24, 2.45) is 0 Å². The minimum atomic E-state index is 0. The molecule has 0 aliphatic carbocycles. The van der Waals surface area contributed by atoms with E-state index >= 15 is 0 Å². The summed E-state index contributed by atoms with van der Waals surface area (Å²) in [4.78, 5) is 16.7. The maximum atomic E-state index is 8.45. The van der Waals surface area contributed by atoms with Gasteiger partial charge in [0.05, 0.1) is 0 Å². The van der Waals surface area contributed by atoms with Gasteiger partial charge >= 0.3 is 0 Å². The Morgan fingerprint density at radius 2 is 1.71 bits per heavy atom. The van der Waals surface area contributed by atoms with Crippen LogP contribution < -0.4 is 0 Å². The Kier molecular flexibility index (Phi) is 71.5. The first kappa shape index (κ1) is 15.7. The number of nitrogens with zero attached hydrogens (tertiary/aromatic N) is 1. The zero-order valence-corrected chi connectivity index (χ0v) is 6.81. The molecule has 0 fully saturated rings. The van der Waals surface area contributed by atoms with Crippen LogP contribution in [0.5, 0.6) is 0 Å². The van der Waals surface area contributed by atoms with E-state index < -0.39 is 0 Å². The van der Waals surface area contributed by atoms with E-state index in [-0.39, 0.29) is 32.7 Å². The summed E-state index contributed by atoms with van der Waals surface area (Å²) in [6.07, 6.45) is 0.500. The van der Waals surface area contributed by atoms with Crippen molar-refractivity contribution >= 4 is 23.4 Å². The van der Waals surface area contributed by atoms with E-state index in [1.165, 1.54) is 0 Å². The van der Waals surface area contributed by atoms with Crippen LogP contribution in [0.2, 0.25) is 0 Å². The average Bonchev–Trinajstić information content (AvgIpc) is 1.39. The summed E-state index contributed by atoms with van der Waals surface area (Å²) in [5.74, 6) is 0.972. The van der Waals surface area contributed by atoms with Gasteiger partial charge in [0.2, 0.25) is 0 Å². The van der Waals surface area contributed by atoms with Crippen molar-refractivity contribution in [3.8, 4) is 0 Å². The Hall–Kier alpha value is 0.444. The molecule has 0 unspecified atom stereocenters. The maximum absolute atomic E-state index is 8.45. The molecule has 0 aromatic heterocycles. The van der Waals surface area contributed by atoms with Crippen molar-refractivity contribution < 1.29 is 42.3 Å². The van der Waals surface area contributed by atoms with E-state index in [2.05, 4.69) is 11.6 Å². The third kappa shape index (κ3) is 646. The van der Waals surface area contributed by atoms with Gasteiger partial charge in [0.15, 0.2) is 0 Å². The van der Waals surface area contributed by atoms with Gasteiger partial charge in [0, 0.05) is 32.7 Å². The zero-order valence-electron chi connectivity index (χ0n) is 3.22. The molecular weight excluding hydrogens is 194 g/mol. The predicted molar refractivity (Wildman–Crippen MR) is 20.6 cm³/mol. The Morgan fingerprint density at radius 3 is 1.71 bits per heavy atom. The second-order valence-electron chi connectivity index (χ2n) is 0.168. The van der Waals surface area contributed by atoms with Crippen LogP contribution in [0, 0.1) is 0 Å². The first-order valence-corrected chi connectivity index (χ1v) is 1.20. The molecule has 37 valence electrons. The van der Waals surface area contributed by atoms with Crippen molar-refractivity contribution in [3.05, 3.63) is 5.41 Å². The molecule has 1 radical (unpaired) electrons. The molecule has 0 spiro atoms. The number of halogens is 1. The summed E-state index contributed by atoms with van der Waals surface area (Å²) < 4.78 is 0. The summed E-state index contributed by atoms with van der Waals surface area (Å²) >= 11 is 4.19. The van der Waals surface area contributed by atoms with Gasteiger partial charge in [-0.15, -0.1) is 0 Å². The SMILES string of the molecule is O=[C-]Cl.[N-]=C=O.[Y]. The smallest absolute Gasteiger partial charge is 0 e. The zero-order chi connectivity index (χ0) is 5.41. The van der Waals surface area contributed by atoms with Gasteiger partial charge < -0.3 is 21.8 Å². The van der Waals surface area contributed by atoms with Crippen molar-refractivity contribution in [2.75, 3.05) is 0 Å². The van der Waals surface area contributed by atoms with Gasteiger partial charge in [-0.1, -0.05) is 0 Å². The van der Waals surface area contributed by atoms with Crippen LogP contribution >= 0.6 is 11.6 Å². The maximum Gasteiger partial charge on any atom is 0 e. The van der Waals surface area contributed by atoms with E-state index in [4.69, 9.17) is 15.0 Å². The largest absolute Gasteiger partial charge is 0.724 e. The molecule has 0 saturated heterocycles. The minimum Gasteiger partial charge on any atom is -0.724 e. The van der Waals surface area contributed by atoms with Crippen LogP contribution in [-0.4, -0.2) is 11.8 Å². The standard InChI is InChI=1S/CClO.CNO.Y/c2*2-1-3;/q2*-1;. The monoisotopic (exact) mass is 194 g/mol. The fraction of sp³-hybridized carbons (Fsp3) is 0. The third-order valence-electron chi connectivity index (χ3n) is 0. The molecule has 0 aliphatic rings. The number of hydrogen-bond donors (Lipinski definition) is 0. The summed E-state index contributed by atoms with van der Waals surface area (Å²) in [6, 6.07) is 0. The quantitative estimate of drug-likeness (QED) is 0.239. The minimum absolute atomic E-state index is 0. The van der Waals surface area contributed by atoms with Crippen LogP contribution in [0.25, 0.3) is 5.41 Å². The summed E-state index contributed by atoms with van der Waals surface area (Å²) in [7, 11) is 0. The third-order valence-corrected chi connectivity index (χ3v) is 0.